The molecule has 0 atom stereocenters. The van der Waals surface area contributed by atoms with E-state index in [4.69, 9.17) is 0 Å². The van der Waals surface area contributed by atoms with E-state index in [0.29, 0.717) is 18.5 Å². The predicted octanol–water partition coefficient (Wildman–Crippen LogP) is 3.75. The maximum absolute atomic E-state index is 13.3. The van der Waals surface area contributed by atoms with E-state index in [1.54, 1.807) is 24.7 Å². The minimum Gasteiger partial charge on any atom is -0.352 e. The fourth-order valence-electron chi connectivity index (χ4n) is 3.22. The number of amides is 1. The van der Waals surface area contributed by atoms with Crippen LogP contribution in [0, 0.1) is 5.82 Å². The molecule has 0 aliphatic heterocycles. The molecule has 2 heterocycles. The number of aryl methyl sites for hydroxylation is 1. The highest BCUT2D eigenvalue weighted by molar-refractivity contribution is 6.06. The van der Waals surface area contributed by atoms with Gasteiger partial charge in [-0.15, -0.1) is 0 Å². The van der Waals surface area contributed by atoms with Crippen molar-refractivity contribution in [1.82, 2.24) is 19.9 Å². The molecule has 140 valence electrons. The fourth-order valence-corrected chi connectivity index (χ4v) is 3.22. The van der Waals surface area contributed by atoms with Crippen LogP contribution in [0.25, 0.3) is 22.2 Å². The quantitative estimate of drug-likeness (QED) is 0.579. The number of nitrogens with zero attached hydrogens (tertiary/aromatic N) is 3. The van der Waals surface area contributed by atoms with Crippen LogP contribution in [0.1, 0.15) is 16.1 Å². The van der Waals surface area contributed by atoms with Gasteiger partial charge < -0.3 is 9.88 Å². The lowest BCUT2D eigenvalue weighted by molar-refractivity contribution is 0.0955. The molecule has 0 bridgehead atoms. The monoisotopic (exact) mass is 374 g/mol. The number of aromatic nitrogens is 3. The standard InChI is InChI=1S/C22H19FN4O/c1-27-14-26-20-13-16(15-5-7-17(23)8-6-15)12-19(21(20)27)22(28)25-11-9-18-4-2-3-10-24-18/h2-8,10,12-14H,9,11H2,1H3,(H,25,28). The minimum atomic E-state index is -0.296. The van der Waals surface area contributed by atoms with E-state index >= 15 is 0 Å². The molecule has 0 saturated heterocycles. The number of hydrogen-bond acceptors (Lipinski definition) is 3. The predicted molar refractivity (Wildman–Crippen MR) is 106 cm³/mol. The number of carbonyl (C=O) groups excluding carboxylic acids is 1. The molecule has 0 aliphatic carbocycles. The van der Waals surface area contributed by atoms with Gasteiger partial charge in [0.05, 0.1) is 22.9 Å². The SMILES string of the molecule is Cn1cnc2cc(-c3ccc(F)cc3)cc(C(=O)NCCc3ccccn3)c21. The highest BCUT2D eigenvalue weighted by Crippen LogP contribution is 2.27. The first-order chi connectivity index (χ1) is 13.6. The summed E-state index contributed by atoms with van der Waals surface area (Å²) in [6, 6.07) is 15.7. The van der Waals surface area contributed by atoms with Crippen LogP contribution in [-0.2, 0) is 13.5 Å². The van der Waals surface area contributed by atoms with Crippen molar-refractivity contribution in [1.29, 1.82) is 0 Å². The Kier molecular flexibility index (Phi) is 4.85. The highest BCUT2D eigenvalue weighted by Gasteiger charge is 2.16. The van der Waals surface area contributed by atoms with E-state index in [0.717, 1.165) is 27.9 Å². The Labute approximate surface area is 161 Å². The van der Waals surface area contributed by atoms with Crippen LogP contribution >= 0.6 is 0 Å². The van der Waals surface area contributed by atoms with Crippen LogP contribution in [0.2, 0.25) is 0 Å². The summed E-state index contributed by atoms with van der Waals surface area (Å²) in [4.78, 5) is 21.6. The van der Waals surface area contributed by atoms with Crippen molar-refractivity contribution >= 4 is 16.9 Å². The normalized spacial score (nSPS) is 10.9. The van der Waals surface area contributed by atoms with Gasteiger partial charge in [0.2, 0.25) is 0 Å². The van der Waals surface area contributed by atoms with Crippen molar-refractivity contribution in [3.63, 3.8) is 0 Å². The number of carbonyl (C=O) groups is 1. The van der Waals surface area contributed by atoms with Crippen LogP contribution in [0.4, 0.5) is 4.39 Å². The molecule has 0 fully saturated rings. The lowest BCUT2D eigenvalue weighted by Crippen LogP contribution is -2.26. The second-order valence-electron chi connectivity index (χ2n) is 6.58. The van der Waals surface area contributed by atoms with Gasteiger partial charge in [-0.1, -0.05) is 18.2 Å². The molecular formula is C22H19FN4O. The zero-order chi connectivity index (χ0) is 19.5. The summed E-state index contributed by atoms with van der Waals surface area (Å²) in [6.45, 7) is 0.482. The molecule has 6 heteroatoms. The Morgan fingerprint density at radius 1 is 1.07 bits per heavy atom. The lowest BCUT2D eigenvalue weighted by Gasteiger charge is -2.10. The third-order valence-corrected chi connectivity index (χ3v) is 4.63. The number of rotatable bonds is 5. The largest absolute Gasteiger partial charge is 0.352 e. The van der Waals surface area contributed by atoms with Gasteiger partial charge in [-0.05, 0) is 47.5 Å². The number of pyridine rings is 1. The Morgan fingerprint density at radius 2 is 1.89 bits per heavy atom. The van der Waals surface area contributed by atoms with Crippen LogP contribution in [-0.4, -0.2) is 27.0 Å². The summed E-state index contributed by atoms with van der Waals surface area (Å²) < 4.78 is 15.1. The van der Waals surface area contributed by atoms with E-state index in [1.807, 2.05) is 41.9 Å². The Morgan fingerprint density at radius 3 is 2.64 bits per heavy atom. The van der Waals surface area contributed by atoms with Crippen LogP contribution in [0.5, 0.6) is 0 Å². The third-order valence-electron chi connectivity index (χ3n) is 4.63. The lowest BCUT2D eigenvalue weighted by atomic mass is 10.0. The van der Waals surface area contributed by atoms with Crippen molar-refractivity contribution < 1.29 is 9.18 Å². The fraction of sp³-hybridized carbons (Fsp3) is 0.136. The van der Waals surface area contributed by atoms with Crippen molar-refractivity contribution in [2.45, 2.75) is 6.42 Å². The van der Waals surface area contributed by atoms with E-state index in [1.165, 1.54) is 12.1 Å². The van der Waals surface area contributed by atoms with E-state index < -0.39 is 0 Å². The van der Waals surface area contributed by atoms with Gasteiger partial charge in [0.1, 0.15) is 5.82 Å². The molecule has 0 aliphatic rings. The summed E-state index contributed by atoms with van der Waals surface area (Å²) in [6.07, 6.45) is 4.07. The first-order valence-electron chi connectivity index (χ1n) is 9.01. The molecule has 2 aromatic heterocycles. The smallest absolute Gasteiger partial charge is 0.253 e. The van der Waals surface area contributed by atoms with Gasteiger partial charge in [-0.25, -0.2) is 9.37 Å². The van der Waals surface area contributed by atoms with E-state index in [2.05, 4.69) is 15.3 Å². The summed E-state index contributed by atoms with van der Waals surface area (Å²) in [7, 11) is 1.86. The molecule has 0 spiro atoms. The van der Waals surface area contributed by atoms with Crippen LogP contribution in [0.15, 0.2) is 67.1 Å². The van der Waals surface area contributed by atoms with Gasteiger partial charge >= 0.3 is 0 Å². The van der Waals surface area contributed by atoms with Crippen molar-refractivity contribution in [2.75, 3.05) is 6.54 Å². The van der Waals surface area contributed by atoms with Crippen molar-refractivity contribution in [3.05, 3.63) is 84.2 Å². The van der Waals surface area contributed by atoms with Crippen LogP contribution < -0.4 is 5.32 Å². The topological polar surface area (TPSA) is 59.8 Å². The van der Waals surface area contributed by atoms with Gasteiger partial charge in [-0.3, -0.25) is 9.78 Å². The first kappa shape index (κ1) is 17.9. The van der Waals surface area contributed by atoms with E-state index in [-0.39, 0.29) is 11.7 Å². The summed E-state index contributed by atoms with van der Waals surface area (Å²) >= 11 is 0. The van der Waals surface area contributed by atoms with E-state index in [9.17, 15) is 9.18 Å². The molecule has 0 unspecified atom stereocenters. The van der Waals surface area contributed by atoms with Gasteiger partial charge in [0, 0.05) is 31.9 Å². The molecule has 0 saturated carbocycles. The number of fused-ring (bicyclic) bond motifs is 1. The number of halogens is 1. The average Bonchev–Trinajstić information content (AvgIpc) is 3.09. The summed E-state index contributed by atoms with van der Waals surface area (Å²) in [5, 5.41) is 2.96. The first-order valence-corrected chi connectivity index (χ1v) is 9.01. The minimum absolute atomic E-state index is 0.173. The summed E-state index contributed by atoms with van der Waals surface area (Å²) in [5.41, 5.74) is 4.60. The second-order valence-corrected chi connectivity index (χ2v) is 6.58. The Hall–Kier alpha value is -3.54. The van der Waals surface area contributed by atoms with Gasteiger partial charge in [0.25, 0.3) is 5.91 Å². The molecular weight excluding hydrogens is 355 g/mol. The number of benzene rings is 2. The zero-order valence-electron chi connectivity index (χ0n) is 15.4. The van der Waals surface area contributed by atoms with Gasteiger partial charge in [-0.2, -0.15) is 0 Å². The molecule has 2 aromatic carbocycles. The molecule has 5 nitrogen and oxygen atoms in total. The Bertz CT molecular complexity index is 1120. The zero-order valence-corrected chi connectivity index (χ0v) is 15.4. The van der Waals surface area contributed by atoms with Crippen LogP contribution in [0.3, 0.4) is 0 Å². The molecule has 28 heavy (non-hydrogen) atoms. The maximum Gasteiger partial charge on any atom is 0.253 e. The molecule has 0 radical (unpaired) electrons. The Balaban J connectivity index is 1.63. The van der Waals surface area contributed by atoms with Gasteiger partial charge in [0.15, 0.2) is 0 Å². The maximum atomic E-state index is 13.3. The number of imidazole rings is 1. The number of nitrogens with one attached hydrogen (secondary N) is 1. The molecule has 4 rings (SSSR count). The molecule has 1 N–H and O–H groups in total. The second kappa shape index (κ2) is 7.60. The average molecular weight is 374 g/mol. The summed E-state index contributed by atoms with van der Waals surface area (Å²) in [5.74, 6) is -0.469. The molecule has 1 amide bonds. The highest BCUT2D eigenvalue weighted by atomic mass is 19.1. The van der Waals surface area contributed by atoms with Crippen molar-refractivity contribution in [3.8, 4) is 11.1 Å². The number of hydrogen-bond donors (Lipinski definition) is 1. The molecule has 4 aromatic rings. The van der Waals surface area contributed by atoms with Crippen molar-refractivity contribution in [2.24, 2.45) is 7.05 Å². The third kappa shape index (κ3) is 3.62.